The van der Waals surface area contributed by atoms with E-state index >= 15 is 0 Å². The van der Waals surface area contributed by atoms with Crippen molar-refractivity contribution in [2.45, 2.75) is 71.1 Å². The van der Waals surface area contributed by atoms with Gasteiger partial charge in [-0.15, -0.1) is 12.4 Å². The summed E-state index contributed by atoms with van der Waals surface area (Å²) in [4.78, 5) is 2.44. The van der Waals surface area contributed by atoms with Crippen LogP contribution in [0.2, 0.25) is 0 Å². The number of aliphatic hydroxyl groups excluding tert-OH is 1. The Bertz CT molecular complexity index is 188. The van der Waals surface area contributed by atoms with Crippen molar-refractivity contribution in [1.29, 1.82) is 0 Å². The predicted octanol–water partition coefficient (Wildman–Crippen LogP) is 4.25. The number of piperidine rings is 1. The van der Waals surface area contributed by atoms with Gasteiger partial charge in [0.1, 0.15) is 0 Å². The van der Waals surface area contributed by atoms with Gasteiger partial charge in [-0.25, -0.2) is 0 Å². The molecule has 1 atom stereocenters. The van der Waals surface area contributed by atoms with Crippen LogP contribution in [0.25, 0.3) is 0 Å². The highest BCUT2D eigenvalue weighted by molar-refractivity contribution is 5.85. The molecule has 1 aliphatic rings. The van der Waals surface area contributed by atoms with Crippen LogP contribution in [0.15, 0.2) is 0 Å². The van der Waals surface area contributed by atoms with E-state index in [1.807, 2.05) is 0 Å². The average molecular weight is 292 g/mol. The Labute approximate surface area is 126 Å². The van der Waals surface area contributed by atoms with E-state index in [0.29, 0.717) is 6.61 Å². The summed E-state index contributed by atoms with van der Waals surface area (Å²) in [5, 5.41) is 8.98. The number of likely N-dealkylation sites (tertiary alicyclic amines) is 1. The van der Waals surface area contributed by atoms with Crippen LogP contribution in [0.1, 0.15) is 71.1 Å². The van der Waals surface area contributed by atoms with Crippen molar-refractivity contribution in [2.24, 2.45) is 5.92 Å². The number of halogens is 1. The summed E-state index contributed by atoms with van der Waals surface area (Å²) in [5.74, 6) is 0.904. The van der Waals surface area contributed by atoms with E-state index in [9.17, 15) is 0 Å². The topological polar surface area (TPSA) is 23.5 Å². The van der Waals surface area contributed by atoms with Gasteiger partial charge in [0.05, 0.1) is 6.61 Å². The zero-order valence-electron chi connectivity index (χ0n) is 12.8. The lowest BCUT2D eigenvalue weighted by atomic mass is 9.92. The fraction of sp³-hybridized carbons (Fsp3) is 1.00. The number of aliphatic hydroxyl groups is 1. The molecule has 0 aliphatic carbocycles. The van der Waals surface area contributed by atoms with Crippen LogP contribution in [0, 0.1) is 5.92 Å². The first-order valence-electron chi connectivity index (χ1n) is 8.20. The number of rotatable bonds is 10. The molecule has 0 amide bonds. The molecule has 0 radical (unpaired) electrons. The molecule has 0 aromatic carbocycles. The molecular formula is C16H34ClNO. The minimum absolute atomic E-state index is 0. The zero-order chi connectivity index (χ0) is 13.1. The predicted molar refractivity (Wildman–Crippen MR) is 86.1 cm³/mol. The monoisotopic (exact) mass is 291 g/mol. The minimum Gasteiger partial charge on any atom is -0.395 e. The molecule has 0 aromatic heterocycles. The molecule has 1 rings (SSSR count). The van der Waals surface area contributed by atoms with E-state index < -0.39 is 0 Å². The number of nitrogens with zero attached hydrogens (tertiary/aromatic N) is 1. The smallest absolute Gasteiger partial charge is 0.0558 e. The summed E-state index contributed by atoms with van der Waals surface area (Å²) in [6.45, 7) is 5.92. The number of hydrogen-bond donors (Lipinski definition) is 1. The SMILES string of the molecule is CCCCCCCCCC1CCCN(CCO)C1.Cl. The Hall–Kier alpha value is 0.210. The number of hydrogen-bond acceptors (Lipinski definition) is 2. The average Bonchev–Trinajstić information content (AvgIpc) is 2.39. The first-order chi connectivity index (χ1) is 8.86. The van der Waals surface area contributed by atoms with Gasteiger partial charge in [-0.3, -0.25) is 0 Å². The van der Waals surface area contributed by atoms with E-state index in [1.54, 1.807) is 0 Å². The molecule has 19 heavy (non-hydrogen) atoms. The number of β-amino-alcohol motifs (C(OH)–C–C–N with tert-alkyl or cyclic N) is 1. The summed E-state index contributed by atoms with van der Waals surface area (Å²) in [6, 6.07) is 0. The zero-order valence-corrected chi connectivity index (χ0v) is 13.6. The maximum atomic E-state index is 8.98. The van der Waals surface area contributed by atoms with Gasteiger partial charge in [-0.05, 0) is 31.7 Å². The molecule has 116 valence electrons. The Morgan fingerprint density at radius 3 is 2.42 bits per heavy atom. The third-order valence-corrected chi connectivity index (χ3v) is 4.24. The van der Waals surface area contributed by atoms with Gasteiger partial charge in [-0.2, -0.15) is 0 Å². The van der Waals surface area contributed by atoms with Crippen molar-refractivity contribution in [3.05, 3.63) is 0 Å². The second kappa shape index (κ2) is 13.2. The lowest BCUT2D eigenvalue weighted by molar-refractivity contribution is 0.135. The van der Waals surface area contributed by atoms with E-state index in [0.717, 1.165) is 12.5 Å². The molecule has 1 heterocycles. The van der Waals surface area contributed by atoms with Crippen molar-refractivity contribution >= 4 is 12.4 Å². The van der Waals surface area contributed by atoms with Crippen molar-refractivity contribution in [2.75, 3.05) is 26.2 Å². The fourth-order valence-corrected chi connectivity index (χ4v) is 3.12. The summed E-state index contributed by atoms with van der Waals surface area (Å²) in [6.07, 6.45) is 14.1. The molecule has 2 nitrogen and oxygen atoms in total. The maximum Gasteiger partial charge on any atom is 0.0558 e. The second-order valence-electron chi connectivity index (χ2n) is 5.94. The summed E-state index contributed by atoms with van der Waals surface area (Å²) < 4.78 is 0. The van der Waals surface area contributed by atoms with Gasteiger partial charge in [0.2, 0.25) is 0 Å². The van der Waals surface area contributed by atoms with Crippen LogP contribution in [0.3, 0.4) is 0 Å². The van der Waals surface area contributed by atoms with Crippen LogP contribution in [0.5, 0.6) is 0 Å². The summed E-state index contributed by atoms with van der Waals surface area (Å²) in [7, 11) is 0. The molecule has 0 bridgehead atoms. The van der Waals surface area contributed by atoms with Crippen LogP contribution < -0.4 is 0 Å². The molecular weight excluding hydrogens is 258 g/mol. The minimum atomic E-state index is 0. The highest BCUT2D eigenvalue weighted by Gasteiger charge is 2.18. The Morgan fingerprint density at radius 2 is 1.74 bits per heavy atom. The first kappa shape index (κ1) is 19.2. The first-order valence-corrected chi connectivity index (χ1v) is 8.20. The van der Waals surface area contributed by atoms with Gasteiger partial charge >= 0.3 is 0 Å². The highest BCUT2D eigenvalue weighted by Crippen LogP contribution is 2.22. The standard InChI is InChI=1S/C16H33NO.ClH/c1-2-3-4-5-6-7-8-10-16-11-9-12-17(15-16)13-14-18;/h16,18H,2-15H2,1H3;1H. The third kappa shape index (κ3) is 9.70. The van der Waals surface area contributed by atoms with E-state index in [-0.39, 0.29) is 12.4 Å². The van der Waals surface area contributed by atoms with Crippen molar-refractivity contribution in [3.63, 3.8) is 0 Å². The Balaban J connectivity index is 0.00000324. The van der Waals surface area contributed by atoms with Crippen LogP contribution in [0.4, 0.5) is 0 Å². The number of unbranched alkanes of at least 4 members (excludes halogenated alkanes) is 6. The second-order valence-corrected chi connectivity index (χ2v) is 5.94. The maximum absolute atomic E-state index is 8.98. The lowest BCUT2D eigenvalue weighted by Crippen LogP contribution is -2.37. The van der Waals surface area contributed by atoms with Gasteiger partial charge < -0.3 is 10.0 Å². The quantitative estimate of drug-likeness (QED) is 0.608. The van der Waals surface area contributed by atoms with Crippen LogP contribution in [-0.2, 0) is 0 Å². The molecule has 1 saturated heterocycles. The molecule has 1 fully saturated rings. The van der Waals surface area contributed by atoms with Crippen LogP contribution >= 0.6 is 12.4 Å². The van der Waals surface area contributed by atoms with Crippen molar-refractivity contribution in [1.82, 2.24) is 4.90 Å². The van der Waals surface area contributed by atoms with Gasteiger partial charge in [0, 0.05) is 13.1 Å². The summed E-state index contributed by atoms with van der Waals surface area (Å²) in [5.41, 5.74) is 0. The van der Waals surface area contributed by atoms with Crippen molar-refractivity contribution in [3.8, 4) is 0 Å². The Kier molecular flexibility index (Phi) is 13.4. The van der Waals surface area contributed by atoms with E-state index in [1.165, 1.54) is 77.3 Å². The third-order valence-electron chi connectivity index (χ3n) is 4.24. The van der Waals surface area contributed by atoms with E-state index in [4.69, 9.17) is 5.11 Å². The van der Waals surface area contributed by atoms with Gasteiger partial charge in [0.25, 0.3) is 0 Å². The van der Waals surface area contributed by atoms with Crippen LogP contribution in [-0.4, -0.2) is 36.2 Å². The summed E-state index contributed by atoms with van der Waals surface area (Å²) >= 11 is 0. The molecule has 1 aliphatic heterocycles. The molecule has 0 aromatic rings. The fourth-order valence-electron chi connectivity index (χ4n) is 3.12. The van der Waals surface area contributed by atoms with Crippen molar-refractivity contribution < 1.29 is 5.11 Å². The van der Waals surface area contributed by atoms with E-state index in [2.05, 4.69) is 11.8 Å². The largest absolute Gasteiger partial charge is 0.395 e. The highest BCUT2D eigenvalue weighted by atomic mass is 35.5. The molecule has 0 spiro atoms. The molecule has 1 N–H and O–H groups in total. The molecule has 3 heteroatoms. The molecule has 1 unspecified atom stereocenters. The van der Waals surface area contributed by atoms with Gasteiger partial charge in [0.15, 0.2) is 0 Å². The van der Waals surface area contributed by atoms with Gasteiger partial charge in [-0.1, -0.05) is 51.9 Å². The lowest BCUT2D eigenvalue weighted by Gasteiger charge is -2.32. The molecule has 0 saturated carbocycles. The Morgan fingerprint density at radius 1 is 1.05 bits per heavy atom. The normalized spacial score (nSPS) is 20.2.